The molecule has 3 nitrogen and oxygen atoms in total. The van der Waals surface area contributed by atoms with Gasteiger partial charge < -0.3 is 9.33 Å². The number of hydrogen-bond acceptors (Lipinski definition) is 2. The van der Waals surface area contributed by atoms with Crippen LogP contribution in [0.15, 0.2) is 60.7 Å². The van der Waals surface area contributed by atoms with Crippen LogP contribution in [-0.2, 0) is 9.22 Å². The fraction of sp³-hybridized carbons (Fsp3) is 0.458. The second-order valence-corrected chi connectivity index (χ2v) is 13.4. The number of hydrogen-bond donors (Lipinski definition) is 0. The van der Waals surface area contributed by atoms with Crippen LogP contribution in [0, 0.1) is 0 Å². The van der Waals surface area contributed by atoms with Gasteiger partial charge in [0.15, 0.2) is 0 Å². The van der Waals surface area contributed by atoms with Crippen LogP contribution in [0.3, 0.4) is 0 Å². The van der Waals surface area contributed by atoms with E-state index in [0.717, 1.165) is 10.4 Å². The van der Waals surface area contributed by atoms with Gasteiger partial charge in [-0.15, -0.1) is 0 Å². The molecule has 2 aromatic rings. The Hall–Kier alpha value is -1.98. The maximum absolute atomic E-state index is 14.5. The van der Waals surface area contributed by atoms with Crippen LogP contribution in [0.5, 0.6) is 0 Å². The van der Waals surface area contributed by atoms with Crippen molar-refractivity contribution in [2.75, 3.05) is 13.2 Å². The van der Waals surface area contributed by atoms with Crippen LogP contribution in [-0.4, -0.2) is 44.0 Å². The van der Waals surface area contributed by atoms with E-state index in [0.29, 0.717) is 0 Å². The van der Waals surface area contributed by atoms with Crippen molar-refractivity contribution in [2.45, 2.75) is 56.7 Å². The van der Waals surface area contributed by atoms with E-state index in [2.05, 4.69) is 45.0 Å². The lowest BCUT2D eigenvalue weighted by molar-refractivity contribution is -0.130. The molecule has 2 heterocycles. The number of amides is 1. The molecule has 5 heteroatoms. The number of alkyl halides is 1. The van der Waals surface area contributed by atoms with Gasteiger partial charge in [-0.1, -0.05) is 81.4 Å². The van der Waals surface area contributed by atoms with Crippen molar-refractivity contribution in [3.05, 3.63) is 60.7 Å². The van der Waals surface area contributed by atoms with Gasteiger partial charge in [0.05, 0.1) is 18.7 Å². The molecule has 0 bridgehead atoms. The normalized spacial score (nSPS) is 30.8. The van der Waals surface area contributed by atoms with E-state index >= 15 is 0 Å². The minimum Gasteiger partial charge on any atom is -0.405 e. The quantitative estimate of drug-likeness (QED) is 0.700. The molecule has 2 fully saturated rings. The number of nitrogens with zero attached hydrogens (tertiary/aromatic N) is 1. The van der Waals surface area contributed by atoms with Crippen LogP contribution in [0.25, 0.3) is 0 Å². The molecule has 4 atom stereocenters. The van der Waals surface area contributed by atoms with Crippen molar-refractivity contribution < 1.29 is 16.4 Å². The summed E-state index contributed by atoms with van der Waals surface area (Å²) in [6, 6.07) is 20.3. The first kappa shape index (κ1) is 17.8. The SMILES string of the molecule is [2H][C@@H]1C(=O)N2C[C@H](F)C[C@]2(CO[Si](c2ccccc2)(c2ccccc2)C(C)(C)C)[C@H]1[2H]. The standard InChI is InChI=1S/C24H30FNO2Si/c1-23(2,3)29(20-10-6-4-7-11-20,21-12-8-5-9-13-21)28-18-24-15-14-22(27)26(24)17-19(25)16-24/h4-13,19H,14-18H2,1-3H3/t19-,24+/m1/s1/i14D,15D/t14-,15-,19+,24-/m0. The largest absolute Gasteiger partial charge is 0.405 e. The van der Waals surface area contributed by atoms with Gasteiger partial charge in [-0.2, -0.15) is 0 Å². The Morgan fingerprint density at radius 2 is 1.69 bits per heavy atom. The van der Waals surface area contributed by atoms with Gasteiger partial charge in [0.2, 0.25) is 5.91 Å². The second kappa shape index (κ2) is 7.37. The van der Waals surface area contributed by atoms with Crippen LogP contribution < -0.4 is 10.4 Å². The summed E-state index contributed by atoms with van der Waals surface area (Å²) in [4.78, 5) is 14.0. The topological polar surface area (TPSA) is 29.5 Å². The summed E-state index contributed by atoms with van der Waals surface area (Å²) in [5.41, 5.74) is -1.09. The zero-order valence-corrected chi connectivity index (χ0v) is 18.3. The molecule has 0 radical (unpaired) electrons. The average Bonchev–Trinajstić information content (AvgIpc) is 3.17. The second-order valence-electron chi connectivity index (χ2n) is 9.14. The van der Waals surface area contributed by atoms with Gasteiger partial charge in [0, 0.05) is 15.6 Å². The summed E-state index contributed by atoms with van der Waals surface area (Å²) in [5, 5.41) is 1.94. The van der Waals surface area contributed by atoms with Crippen LogP contribution in [0.4, 0.5) is 4.39 Å². The number of rotatable bonds is 5. The summed E-state index contributed by atoms with van der Waals surface area (Å²) >= 11 is 0. The lowest BCUT2D eigenvalue weighted by Crippen LogP contribution is -2.68. The molecule has 0 aliphatic carbocycles. The molecule has 2 aromatic carbocycles. The minimum absolute atomic E-state index is 0.0479. The summed E-state index contributed by atoms with van der Waals surface area (Å²) in [6.45, 7) is 6.50. The van der Waals surface area contributed by atoms with E-state index in [9.17, 15) is 9.18 Å². The first-order valence-corrected chi connectivity index (χ1v) is 12.1. The van der Waals surface area contributed by atoms with Gasteiger partial charge >= 0.3 is 0 Å². The maximum atomic E-state index is 14.5. The molecule has 0 unspecified atom stereocenters. The maximum Gasteiger partial charge on any atom is 0.261 e. The summed E-state index contributed by atoms with van der Waals surface area (Å²) in [7, 11) is -2.88. The van der Waals surface area contributed by atoms with Crippen molar-refractivity contribution in [3.63, 3.8) is 0 Å². The van der Waals surface area contributed by atoms with E-state index in [1.807, 2.05) is 36.4 Å². The highest BCUT2D eigenvalue weighted by molar-refractivity contribution is 6.99. The van der Waals surface area contributed by atoms with Crippen LogP contribution in [0.1, 0.15) is 42.7 Å². The van der Waals surface area contributed by atoms with Crippen molar-refractivity contribution in [3.8, 4) is 0 Å². The Morgan fingerprint density at radius 3 is 2.21 bits per heavy atom. The Labute approximate surface area is 176 Å². The number of fused-ring (bicyclic) bond motifs is 1. The summed E-state index contributed by atoms with van der Waals surface area (Å²) in [6.07, 6.45) is -3.35. The highest BCUT2D eigenvalue weighted by atomic mass is 28.4. The first-order valence-electron chi connectivity index (χ1n) is 11.3. The van der Waals surface area contributed by atoms with Crippen LogP contribution in [0.2, 0.25) is 5.04 Å². The molecule has 0 N–H and O–H groups in total. The molecule has 2 saturated heterocycles. The predicted octanol–water partition coefficient (Wildman–Crippen LogP) is 3.67. The van der Waals surface area contributed by atoms with Gasteiger partial charge in [0.1, 0.15) is 6.17 Å². The highest BCUT2D eigenvalue weighted by Gasteiger charge is 2.56. The fourth-order valence-electron chi connectivity index (χ4n) is 4.90. The molecule has 1 amide bonds. The van der Waals surface area contributed by atoms with Crippen molar-refractivity contribution >= 4 is 24.6 Å². The van der Waals surface area contributed by atoms with E-state index in [4.69, 9.17) is 7.17 Å². The Balaban J connectivity index is 1.82. The lowest BCUT2D eigenvalue weighted by Gasteiger charge is -2.45. The third-order valence-corrected chi connectivity index (χ3v) is 11.2. The Morgan fingerprint density at radius 1 is 1.14 bits per heavy atom. The van der Waals surface area contributed by atoms with Crippen molar-refractivity contribution in [2.24, 2.45) is 0 Å². The fourth-order valence-corrected chi connectivity index (χ4v) is 9.52. The lowest BCUT2D eigenvalue weighted by atomic mass is 9.95. The third kappa shape index (κ3) is 3.34. The predicted molar refractivity (Wildman–Crippen MR) is 117 cm³/mol. The van der Waals surface area contributed by atoms with E-state index < -0.39 is 38.7 Å². The monoisotopic (exact) mass is 413 g/mol. The molecule has 4 rings (SSSR count). The van der Waals surface area contributed by atoms with Crippen LogP contribution >= 0.6 is 0 Å². The van der Waals surface area contributed by atoms with Gasteiger partial charge in [-0.25, -0.2) is 4.39 Å². The van der Waals surface area contributed by atoms with Crippen molar-refractivity contribution in [1.29, 1.82) is 0 Å². The van der Waals surface area contributed by atoms with E-state index in [-0.39, 0.29) is 24.6 Å². The van der Waals surface area contributed by atoms with E-state index in [1.165, 1.54) is 4.90 Å². The molecule has 2 aliphatic heterocycles. The molecular formula is C24H30FNO2Si. The zero-order chi connectivity index (χ0) is 22.4. The molecular weight excluding hydrogens is 381 g/mol. The number of carbonyl (C=O) groups excluding carboxylic acids is 1. The van der Waals surface area contributed by atoms with Gasteiger partial charge in [-0.3, -0.25) is 4.79 Å². The third-order valence-electron chi connectivity index (χ3n) is 6.25. The zero-order valence-electron chi connectivity index (χ0n) is 19.3. The molecule has 0 aromatic heterocycles. The van der Waals surface area contributed by atoms with Gasteiger partial charge in [0.25, 0.3) is 8.32 Å². The Bertz CT molecular complexity index is 900. The first-order chi connectivity index (χ1) is 14.6. The molecule has 154 valence electrons. The Kier molecular flexibility index (Phi) is 4.53. The minimum atomic E-state index is -2.88. The summed E-state index contributed by atoms with van der Waals surface area (Å²) in [5.74, 6) is -0.453. The van der Waals surface area contributed by atoms with E-state index in [1.54, 1.807) is 0 Å². The molecule has 0 spiro atoms. The molecule has 29 heavy (non-hydrogen) atoms. The highest BCUT2D eigenvalue weighted by Crippen LogP contribution is 2.43. The number of halogens is 1. The number of benzene rings is 2. The summed E-state index contributed by atoms with van der Waals surface area (Å²) < 4.78 is 38.2. The average molecular weight is 414 g/mol. The van der Waals surface area contributed by atoms with Crippen molar-refractivity contribution in [1.82, 2.24) is 4.90 Å². The molecule has 0 saturated carbocycles. The number of carbonyl (C=O) groups is 1. The molecule has 2 aliphatic rings. The smallest absolute Gasteiger partial charge is 0.261 e. The van der Waals surface area contributed by atoms with Gasteiger partial charge in [-0.05, 0) is 21.8 Å².